The van der Waals surface area contributed by atoms with Crippen LogP contribution < -0.4 is 0 Å². The van der Waals surface area contributed by atoms with E-state index in [1.165, 1.54) is 4.31 Å². The Kier molecular flexibility index (Phi) is 4.43. The Morgan fingerprint density at radius 1 is 1.62 bits per heavy atom. The highest BCUT2D eigenvalue weighted by atomic mass is 32.2. The third-order valence-electron chi connectivity index (χ3n) is 2.53. The van der Waals surface area contributed by atoms with Gasteiger partial charge in [0.25, 0.3) is 0 Å². The topological polar surface area (TPSA) is 46.6 Å². The third-order valence-corrected chi connectivity index (χ3v) is 4.37. The highest BCUT2D eigenvalue weighted by Crippen LogP contribution is 2.23. The first-order valence-electron chi connectivity index (χ1n) is 5.37. The normalized spacial score (nSPS) is 24.4. The Hall–Kier alpha value is -0.490. The molecule has 0 aliphatic carbocycles. The second-order valence-corrected chi connectivity index (χ2v) is 6.29. The Labute approximate surface area is 97.7 Å². The fourth-order valence-electron chi connectivity index (χ4n) is 1.54. The molecule has 1 aliphatic rings. The zero-order chi connectivity index (χ0) is 12.3. The van der Waals surface area contributed by atoms with Gasteiger partial charge in [-0.3, -0.25) is 4.79 Å². The van der Waals surface area contributed by atoms with E-state index in [1.807, 2.05) is 0 Å². The van der Waals surface area contributed by atoms with Crippen LogP contribution >= 0.6 is 0 Å². The summed E-state index contributed by atoms with van der Waals surface area (Å²) in [5.41, 5.74) is 0. The zero-order valence-corrected chi connectivity index (χ0v) is 10.7. The second kappa shape index (κ2) is 5.23. The molecule has 1 aliphatic heterocycles. The summed E-state index contributed by atoms with van der Waals surface area (Å²) in [5, 5.41) is 0. The molecular formula is C10H18FNO3S. The number of ether oxygens (including phenoxy) is 1. The number of nitrogens with zero attached hydrogens (tertiary/aromatic N) is 1. The Balaban J connectivity index is 2.68. The third kappa shape index (κ3) is 2.79. The van der Waals surface area contributed by atoms with Crippen LogP contribution in [0.4, 0.5) is 4.39 Å². The number of rotatable bonds is 4. The van der Waals surface area contributed by atoms with Crippen LogP contribution in [0.5, 0.6) is 0 Å². The predicted octanol–water partition coefficient (Wildman–Crippen LogP) is 1.04. The molecular weight excluding hydrogens is 233 g/mol. The number of esters is 1. The molecule has 0 unspecified atom stereocenters. The minimum absolute atomic E-state index is 0.134. The van der Waals surface area contributed by atoms with E-state index in [9.17, 15) is 13.4 Å². The van der Waals surface area contributed by atoms with Crippen molar-refractivity contribution >= 4 is 17.0 Å². The summed E-state index contributed by atoms with van der Waals surface area (Å²) in [4.78, 5) is 11.6. The number of alkyl halides is 1. The Morgan fingerprint density at radius 2 is 2.25 bits per heavy atom. The smallest absolute Gasteiger partial charge is 0.325 e. The van der Waals surface area contributed by atoms with Crippen LogP contribution in [0.3, 0.4) is 0 Å². The predicted molar refractivity (Wildman–Crippen MR) is 59.9 cm³/mol. The van der Waals surface area contributed by atoms with Crippen LogP contribution in [0.25, 0.3) is 0 Å². The van der Waals surface area contributed by atoms with Gasteiger partial charge in [-0.2, -0.15) is 0 Å². The van der Waals surface area contributed by atoms with Crippen LogP contribution in [0.15, 0.2) is 0 Å². The molecule has 0 bridgehead atoms. The maximum Gasteiger partial charge on any atom is 0.325 e. The number of carbonyl (C=O) groups is 1. The van der Waals surface area contributed by atoms with E-state index < -0.39 is 27.9 Å². The highest BCUT2D eigenvalue weighted by molar-refractivity contribution is 7.84. The molecule has 1 rings (SSSR count). The van der Waals surface area contributed by atoms with Crippen LogP contribution in [0, 0.1) is 0 Å². The number of hydrogen-bond donors (Lipinski definition) is 0. The van der Waals surface area contributed by atoms with Crippen molar-refractivity contribution in [3.05, 3.63) is 0 Å². The van der Waals surface area contributed by atoms with Gasteiger partial charge in [-0.25, -0.2) is 12.9 Å². The Bertz CT molecular complexity index is 296. The molecule has 2 atom stereocenters. The summed E-state index contributed by atoms with van der Waals surface area (Å²) >= 11 is 0. The molecule has 1 fully saturated rings. The first kappa shape index (κ1) is 13.6. The van der Waals surface area contributed by atoms with Gasteiger partial charge in [0.15, 0.2) is 4.75 Å². The van der Waals surface area contributed by atoms with E-state index >= 15 is 0 Å². The van der Waals surface area contributed by atoms with Crippen LogP contribution in [0.2, 0.25) is 0 Å². The molecule has 16 heavy (non-hydrogen) atoms. The fourth-order valence-corrected chi connectivity index (χ4v) is 2.95. The summed E-state index contributed by atoms with van der Waals surface area (Å²) < 4.78 is 30.3. The summed E-state index contributed by atoms with van der Waals surface area (Å²) in [6.45, 7) is 5.64. The van der Waals surface area contributed by atoms with Gasteiger partial charge in [0.05, 0.1) is 6.61 Å². The van der Waals surface area contributed by atoms with Crippen molar-refractivity contribution < 1.29 is 18.1 Å². The van der Waals surface area contributed by atoms with E-state index in [0.29, 0.717) is 13.0 Å². The van der Waals surface area contributed by atoms with Crippen molar-refractivity contribution in [1.29, 1.82) is 0 Å². The Morgan fingerprint density at radius 3 is 2.69 bits per heavy atom. The molecule has 0 radical (unpaired) electrons. The van der Waals surface area contributed by atoms with Gasteiger partial charge >= 0.3 is 5.97 Å². The minimum atomic E-state index is -1.54. The van der Waals surface area contributed by atoms with Gasteiger partial charge in [-0.1, -0.05) is 0 Å². The van der Waals surface area contributed by atoms with Crippen molar-refractivity contribution in [3.8, 4) is 0 Å². The quantitative estimate of drug-likeness (QED) is 0.701. The SMILES string of the molecule is CCOC(=O)C(C)(C)[S@@](=O)N1CC[C@@H](F)C1. The van der Waals surface area contributed by atoms with E-state index in [4.69, 9.17) is 4.74 Å². The van der Waals surface area contributed by atoms with Crippen LogP contribution in [0.1, 0.15) is 27.2 Å². The highest BCUT2D eigenvalue weighted by Gasteiger charge is 2.41. The fraction of sp³-hybridized carbons (Fsp3) is 0.900. The average molecular weight is 251 g/mol. The maximum atomic E-state index is 13.0. The van der Waals surface area contributed by atoms with E-state index in [-0.39, 0.29) is 13.2 Å². The summed E-state index contributed by atoms with van der Waals surface area (Å²) in [6.07, 6.45) is -0.563. The van der Waals surface area contributed by atoms with Crippen molar-refractivity contribution in [2.45, 2.75) is 38.1 Å². The van der Waals surface area contributed by atoms with E-state index in [2.05, 4.69) is 0 Å². The minimum Gasteiger partial charge on any atom is -0.465 e. The lowest BCUT2D eigenvalue weighted by atomic mass is 10.2. The molecule has 0 spiro atoms. The molecule has 94 valence electrons. The number of hydrogen-bond acceptors (Lipinski definition) is 3. The van der Waals surface area contributed by atoms with Crippen molar-refractivity contribution in [3.63, 3.8) is 0 Å². The summed E-state index contributed by atoms with van der Waals surface area (Å²) in [7, 11) is -1.54. The molecule has 0 aromatic heterocycles. The van der Waals surface area contributed by atoms with Gasteiger partial charge in [-0.15, -0.1) is 0 Å². The van der Waals surface area contributed by atoms with Gasteiger partial charge in [-0.05, 0) is 27.2 Å². The zero-order valence-electron chi connectivity index (χ0n) is 9.86. The van der Waals surface area contributed by atoms with Gasteiger partial charge in [0.2, 0.25) is 0 Å². The largest absolute Gasteiger partial charge is 0.465 e. The monoisotopic (exact) mass is 251 g/mol. The average Bonchev–Trinajstić information content (AvgIpc) is 2.64. The lowest BCUT2D eigenvalue weighted by Crippen LogP contribution is -2.45. The molecule has 0 aromatic rings. The molecule has 1 heterocycles. The molecule has 0 aromatic carbocycles. The van der Waals surface area contributed by atoms with Crippen LogP contribution in [-0.4, -0.2) is 45.1 Å². The van der Waals surface area contributed by atoms with Gasteiger partial charge in [0, 0.05) is 13.1 Å². The molecule has 0 amide bonds. The van der Waals surface area contributed by atoms with Gasteiger partial charge in [0.1, 0.15) is 17.2 Å². The van der Waals surface area contributed by atoms with Crippen molar-refractivity contribution in [1.82, 2.24) is 4.31 Å². The standard InChI is InChI=1S/C10H18FNO3S/c1-4-15-9(13)10(2,3)16(14)12-6-5-8(11)7-12/h8H,4-7H2,1-3H3/t8-,16-/m1/s1. The van der Waals surface area contributed by atoms with E-state index in [0.717, 1.165) is 0 Å². The van der Waals surface area contributed by atoms with Crippen molar-refractivity contribution in [2.75, 3.05) is 19.7 Å². The number of halogens is 1. The number of carbonyl (C=O) groups excluding carboxylic acids is 1. The molecule has 0 N–H and O–H groups in total. The molecule has 4 nitrogen and oxygen atoms in total. The first-order valence-corrected chi connectivity index (χ1v) is 6.48. The second-order valence-electron chi connectivity index (χ2n) is 4.25. The van der Waals surface area contributed by atoms with Crippen molar-refractivity contribution in [2.24, 2.45) is 0 Å². The van der Waals surface area contributed by atoms with Crippen LogP contribution in [-0.2, 0) is 20.5 Å². The first-order chi connectivity index (χ1) is 7.39. The van der Waals surface area contributed by atoms with Gasteiger partial charge < -0.3 is 4.74 Å². The lowest BCUT2D eigenvalue weighted by Gasteiger charge is -2.26. The summed E-state index contributed by atoms with van der Waals surface area (Å²) in [5.74, 6) is -0.504. The van der Waals surface area contributed by atoms with E-state index in [1.54, 1.807) is 20.8 Å². The summed E-state index contributed by atoms with van der Waals surface area (Å²) in [6, 6.07) is 0. The molecule has 0 saturated carbocycles. The lowest BCUT2D eigenvalue weighted by molar-refractivity contribution is -0.145. The maximum absolute atomic E-state index is 13.0. The molecule has 1 saturated heterocycles. The molecule has 6 heteroatoms.